The summed E-state index contributed by atoms with van der Waals surface area (Å²) in [5.74, 6) is -0.767. The van der Waals surface area contributed by atoms with E-state index in [2.05, 4.69) is 15.3 Å². The van der Waals surface area contributed by atoms with Gasteiger partial charge in [-0.05, 0) is 0 Å². The second-order valence-electron chi connectivity index (χ2n) is 6.60. The van der Waals surface area contributed by atoms with E-state index in [-0.39, 0.29) is 21.7 Å². The van der Waals surface area contributed by atoms with Gasteiger partial charge in [-0.3, -0.25) is 4.79 Å². The molecule has 12 heteroatoms. The second kappa shape index (κ2) is 7.59. The van der Waals surface area contributed by atoms with Crippen LogP contribution in [0.3, 0.4) is 0 Å². The smallest absolute Gasteiger partial charge is 0.419 e. The van der Waals surface area contributed by atoms with E-state index in [4.69, 9.17) is 9.47 Å². The number of halogens is 3. The first kappa shape index (κ1) is 20.1. The molecule has 1 N–H and O–H groups in total. The quantitative estimate of drug-likeness (QED) is 0.668. The van der Waals surface area contributed by atoms with Crippen LogP contribution in [-0.4, -0.2) is 45.8 Å². The summed E-state index contributed by atoms with van der Waals surface area (Å²) in [6, 6.07) is 0.831. The van der Waals surface area contributed by atoms with Crippen molar-refractivity contribution in [1.29, 1.82) is 0 Å². The zero-order valence-corrected chi connectivity index (χ0v) is 16.3. The molecule has 1 aliphatic carbocycles. The molecule has 3 aromatic heterocycles. The number of carbonyl (C=O) groups excluding carboxylic acids is 2. The zero-order chi connectivity index (χ0) is 21.5. The fourth-order valence-electron chi connectivity index (χ4n) is 3.00. The number of imidazole rings is 1. The molecule has 1 aliphatic rings. The summed E-state index contributed by atoms with van der Waals surface area (Å²) in [6.07, 6.45) is -1.30. The van der Waals surface area contributed by atoms with E-state index >= 15 is 0 Å². The lowest BCUT2D eigenvalue weighted by atomic mass is 9.92. The zero-order valence-electron chi connectivity index (χ0n) is 15.5. The molecule has 8 nitrogen and oxygen atoms in total. The van der Waals surface area contributed by atoms with E-state index in [9.17, 15) is 22.8 Å². The lowest BCUT2D eigenvalue weighted by Crippen LogP contribution is -2.41. The van der Waals surface area contributed by atoms with Crippen LogP contribution in [0.1, 0.15) is 28.8 Å². The molecule has 1 amide bonds. The normalized spacial score (nSPS) is 18.7. The van der Waals surface area contributed by atoms with Crippen LogP contribution < -0.4 is 10.1 Å². The van der Waals surface area contributed by atoms with Crippen molar-refractivity contribution in [1.82, 2.24) is 19.9 Å². The summed E-state index contributed by atoms with van der Waals surface area (Å²) in [7, 11) is 1.39. The van der Waals surface area contributed by atoms with Crippen LogP contribution >= 0.6 is 11.3 Å². The van der Waals surface area contributed by atoms with E-state index in [1.807, 2.05) is 0 Å². The minimum Gasteiger partial charge on any atom is -0.474 e. The Balaban J connectivity index is 1.50. The molecule has 0 aromatic carbocycles. The number of hydrogen-bond donors (Lipinski definition) is 1. The largest absolute Gasteiger partial charge is 0.474 e. The first-order chi connectivity index (χ1) is 14.3. The van der Waals surface area contributed by atoms with Gasteiger partial charge in [0.15, 0.2) is 0 Å². The molecule has 0 bridgehead atoms. The Morgan fingerprint density at radius 2 is 2.07 bits per heavy atom. The third kappa shape index (κ3) is 3.82. The Morgan fingerprint density at radius 3 is 2.70 bits per heavy atom. The third-order valence-corrected chi connectivity index (χ3v) is 5.60. The maximum absolute atomic E-state index is 13.5. The predicted molar refractivity (Wildman–Crippen MR) is 99.6 cm³/mol. The number of hydrogen-bond acceptors (Lipinski definition) is 7. The summed E-state index contributed by atoms with van der Waals surface area (Å²) in [4.78, 5) is 31.7. The number of carbonyl (C=O) groups is 2. The van der Waals surface area contributed by atoms with Gasteiger partial charge < -0.3 is 14.8 Å². The molecule has 30 heavy (non-hydrogen) atoms. The highest BCUT2D eigenvalue weighted by atomic mass is 32.1. The summed E-state index contributed by atoms with van der Waals surface area (Å²) in [5.41, 5.74) is -0.925. The van der Waals surface area contributed by atoms with Gasteiger partial charge in [0.05, 0.1) is 21.3 Å². The van der Waals surface area contributed by atoms with Crippen molar-refractivity contribution in [3.05, 3.63) is 41.3 Å². The molecule has 0 saturated heterocycles. The van der Waals surface area contributed by atoms with Crippen LogP contribution in [0.5, 0.6) is 5.88 Å². The van der Waals surface area contributed by atoms with E-state index in [1.54, 1.807) is 0 Å². The van der Waals surface area contributed by atoms with Crippen LogP contribution in [0.15, 0.2) is 30.2 Å². The molecule has 1 saturated carbocycles. The molecule has 4 rings (SSSR count). The van der Waals surface area contributed by atoms with Crippen molar-refractivity contribution in [2.24, 2.45) is 0 Å². The lowest BCUT2D eigenvalue weighted by Gasteiger charge is -2.34. The number of amides is 1. The highest BCUT2D eigenvalue weighted by molar-refractivity contribution is 7.17. The summed E-state index contributed by atoms with van der Waals surface area (Å²) >= 11 is 0.801. The predicted octanol–water partition coefficient (Wildman–Crippen LogP) is 3.47. The Morgan fingerprint density at radius 1 is 1.30 bits per heavy atom. The van der Waals surface area contributed by atoms with Gasteiger partial charge in [0.2, 0.25) is 5.88 Å². The first-order valence-corrected chi connectivity index (χ1v) is 9.71. The molecule has 0 spiro atoms. The minimum absolute atomic E-state index is 0.0502. The highest BCUT2D eigenvalue weighted by Crippen LogP contribution is 2.41. The number of pyridine rings is 1. The number of fused-ring (bicyclic) bond motifs is 1. The number of nitrogens with one attached hydrogen (secondary N) is 1. The van der Waals surface area contributed by atoms with Crippen molar-refractivity contribution in [3.63, 3.8) is 0 Å². The van der Waals surface area contributed by atoms with Gasteiger partial charge in [0.1, 0.15) is 18.5 Å². The number of rotatable bonds is 4. The molecular formula is C18H15F3N4O4S. The average molecular weight is 440 g/mol. The van der Waals surface area contributed by atoms with Crippen LogP contribution in [0.2, 0.25) is 0 Å². The summed E-state index contributed by atoms with van der Waals surface area (Å²) in [6.45, 7) is 0. The molecule has 3 heterocycles. The van der Waals surface area contributed by atoms with Gasteiger partial charge in [0.25, 0.3) is 5.91 Å². The fourth-order valence-corrected chi connectivity index (χ4v) is 4.03. The van der Waals surface area contributed by atoms with Crippen LogP contribution in [0.4, 0.5) is 18.0 Å². The van der Waals surface area contributed by atoms with Gasteiger partial charge in [-0.15, -0.1) is 11.3 Å². The maximum Gasteiger partial charge on any atom is 0.419 e. The second-order valence-corrected chi connectivity index (χ2v) is 7.48. The third-order valence-electron chi connectivity index (χ3n) is 4.60. The lowest BCUT2D eigenvalue weighted by molar-refractivity contribution is -0.136. The Kier molecular flexibility index (Phi) is 5.10. The Bertz CT molecular complexity index is 1090. The topological polar surface area (TPSA) is 95.3 Å². The minimum atomic E-state index is -4.63. The van der Waals surface area contributed by atoms with E-state index in [1.165, 1.54) is 35.7 Å². The van der Waals surface area contributed by atoms with Crippen molar-refractivity contribution >= 4 is 33.6 Å². The molecule has 3 aromatic rings. The van der Waals surface area contributed by atoms with Gasteiger partial charge in [-0.1, -0.05) is 0 Å². The van der Waals surface area contributed by atoms with E-state index in [0.29, 0.717) is 12.8 Å². The van der Waals surface area contributed by atoms with E-state index < -0.39 is 35.9 Å². The van der Waals surface area contributed by atoms with Crippen LogP contribution in [-0.2, 0) is 10.9 Å². The number of alkyl halides is 3. The van der Waals surface area contributed by atoms with Crippen molar-refractivity contribution in [3.8, 4) is 5.88 Å². The maximum atomic E-state index is 13.5. The average Bonchev–Trinajstić information content (AvgIpc) is 3.34. The summed E-state index contributed by atoms with van der Waals surface area (Å²) < 4.78 is 52.4. The standard InChI is InChI=1S/C18H15F3N4O4S/c1-22-16(26)11-7-30-15-12(18(19,20)21)6-13(24-14(11)15)28-9-4-10(5-9)29-17(27)25-3-2-23-8-25/h2-3,6-10H,4-5H2,1H3,(H,22,26). The number of aromatic nitrogens is 3. The Hall–Kier alpha value is -3.15. The molecule has 0 radical (unpaired) electrons. The van der Waals surface area contributed by atoms with Crippen LogP contribution in [0.25, 0.3) is 10.2 Å². The number of nitrogens with zero attached hydrogens (tertiary/aromatic N) is 3. The van der Waals surface area contributed by atoms with Crippen molar-refractivity contribution in [2.75, 3.05) is 7.05 Å². The van der Waals surface area contributed by atoms with Gasteiger partial charge in [-0.25, -0.2) is 19.3 Å². The SMILES string of the molecule is CNC(=O)c1csc2c(C(F)(F)F)cc(OC3CC(OC(=O)n4ccnc4)C3)nc12. The van der Waals surface area contributed by atoms with E-state index in [0.717, 1.165) is 17.4 Å². The molecule has 0 atom stereocenters. The molecular weight excluding hydrogens is 425 g/mol. The Labute approximate surface area is 171 Å². The highest BCUT2D eigenvalue weighted by Gasteiger charge is 2.38. The van der Waals surface area contributed by atoms with Gasteiger partial charge in [-0.2, -0.15) is 13.2 Å². The number of ether oxygens (including phenoxy) is 2. The van der Waals surface area contributed by atoms with Crippen LogP contribution in [0, 0.1) is 0 Å². The van der Waals surface area contributed by atoms with Crippen molar-refractivity contribution in [2.45, 2.75) is 31.2 Å². The van der Waals surface area contributed by atoms with Crippen molar-refractivity contribution < 1.29 is 32.2 Å². The molecule has 0 aliphatic heterocycles. The fraction of sp³-hybridized carbons (Fsp3) is 0.333. The van der Waals surface area contributed by atoms with Gasteiger partial charge in [0, 0.05) is 43.7 Å². The molecule has 1 fully saturated rings. The first-order valence-electron chi connectivity index (χ1n) is 8.83. The summed E-state index contributed by atoms with van der Waals surface area (Å²) in [5, 5.41) is 3.72. The molecule has 0 unspecified atom stereocenters. The number of thiophene rings is 1. The molecule has 158 valence electrons. The monoisotopic (exact) mass is 440 g/mol. The van der Waals surface area contributed by atoms with Gasteiger partial charge >= 0.3 is 12.3 Å².